The highest BCUT2D eigenvalue weighted by Gasteiger charge is 2.12. The Balaban J connectivity index is 3.14. The summed E-state index contributed by atoms with van der Waals surface area (Å²) in [6.45, 7) is 0.770. The molecule has 0 fully saturated rings. The minimum Gasteiger partial charge on any atom is -0.297 e. The average molecular weight is 176 g/mol. The van der Waals surface area contributed by atoms with Crippen molar-refractivity contribution in [2.24, 2.45) is 0 Å². The summed E-state index contributed by atoms with van der Waals surface area (Å²) in [4.78, 5) is 11.1. The summed E-state index contributed by atoms with van der Waals surface area (Å²) in [5.74, 6) is 0. The molecule has 0 N–H and O–H groups in total. The number of rotatable bonds is 2. The van der Waals surface area contributed by atoms with Gasteiger partial charge in [0.05, 0.1) is 0 Å². The average Bonchev–Trinajstić information content (AvgIpc) is 2.30. The SMILES string of the molecule is CC(C)n1ccn(C(F)F)c1=O. The van der Waals surface area contributed by atoms with Gasteiger partial charge in [-0.3, -0.25) is 4.57 Å². The predicted octanol–water partition coefficient (Wildman–Crippen LogP) is 1.63. The molecule has 3 nitrogen and oxygen atoms in total. The third-order valence-corrected chi connectivity index (χ3v) is 1.60. The summed E-state index contributed by atoms with van der Waals surface area (Å²) < 4.78 is 25.8. The molecular formula is C7H10F2N2O. The van der Waals surface area contributed by atoms with Crippen LogP contribution in [0.4, 0.5) is 8.78 Å². The number of imidazole rings is 1. The van der Waals surface area contributed by atoms with Gasteiger partial charge in [-0.2, -0.15) is 8.78 Å². The largest absolute Gasteiger partial charge is 0.332 e. The lowest BCUT2D eigenvalue weighted by atomic mass is 10.4. The smallest absolute Gasteiger partial charge is 0.297 e. The first kappa shape index (κ1) is 8.96. The molecule has 1 heterocycles. The molecule has 0 spiro atoms. The van der Waals surface area contributed by atoms with Gasteiger partial charge in [0.15, 0.2) is 0 Å². The van der Waals surface area contributed by atoms with Crippen LogP contribution in [0.25, 0.3) is 0 Å². The van der Waals surface area contributed by atoms with Crippen LogP contribution in [0, 0.1) is 0 Å². The molecule has 0 saturated carbocycles. The third-order valence-electron chi connectivity index (χ3n) is 1.60. The van der Waals surface area contributed by atoms with Crippen LogP contribution in [0.2, 0.25) is 0 Å². The Morgan fingerprint density at radius 1 is 1.25 bits per heavy atom. The summed E-state index contributed by atoms with van der Waals surface area (Å²) in [7, 11) is 0. The Bertz CT molecular complexity index is 285. The van der Waals surface area contributed by atoms with Crippen molar-refractivity contribution in [3.63, 3.8) is 0 Å². The fraction of sp³-hybridized carbons (Fsp3) is 0.571. The molecule has 0 amide bonds. The van der Waals surface area contributed by atoms with Crippen molar-refractivity contribution in [2.75, 3.05) is 0 Å². The van der Waals surface area contributed by atoms with Crippen molar-refractivity contribution in [3.05, 3.63) is 22.9 Å². The van der Waals surface area contributed by atoms with E-state index in [1.807, 2.05) is 0 Å². The van der Waals surface area contributed by atoms with Gasteiger partial charge in [-0.05, 0) is 13.8 Å². The first-order chi connectivity index (χ1) is 5.54. The van der Waals surface area contributed by atoms with Gasteiger partial charge in [0.1, 0.15) is 0 Å². The molecule has 1 aromatic heterocycles. The van der Waals surface area contributed by atoms with E-state index >= 15 is 0 Å². The summed E-state index contributed by atoms with van der Waals surface area (Å²) >= 11 is 0. The van der Waals surface area contributed by atoms with Crippen LogP contribution >= 0.6 is 0 Å². The van der Waals surface area contributed by atoms with Crippen molar-refractivity contribution in [2.45, 2.75) is 26.4 Å². The first-order valence-corrected chi connectivity index (χ1v) is 3.61. The third kappa shape index (κ3) is 1.39. The van der Waals surface area contributed by atoms with Crippen LogP contribution in [-0.4, -0.2) is 9.13 Å². The number of aromatic nitrogens is 2. The van der Waals surface area contributed by atoms with E-state index in [0.717, 1.165) is 6.20 Å². The molecule has 0 aliphatic carbocycles. The van der Waals surface area contributed by atoms with Crippen LogP contribution in [0.3, 0.4) is 0 Å². The molecule has 0 aliphatic heterocycles. The summed E-state index contributed by atoms with van der Waals surface area (Å²) in [6.07, 6.45) is 2.45. The zero-order valence-corrected chi connectivity index (χ0v) is 6.87. The van der Waals surface area contributed by atoms with Gasteiger partial charge in [-0.25, -0.2) is 9.36 Å². The van der Waals surface area contributed by atoms with Crippen molar-refractivity contribution in [1.29, 1.82) is 0 Å². The summed E-state index contributed by atoms with van der Waals surface area (Å²) in [6, 6.07) is -0.0856. The van der Waals surface area contributed by atoms with Crippen molar-refractivity contribution in [1.82, 2.24) is 9.13 Å². The monoisotopic (exact) mass is 176 g/mol. The van der Waals surface area contributed by atoms with Gasteiger partial charge >= 0.3 is 12.2 Å². The van der Waals surface area contributed by atoms with Gasteiger partial charge < -0.3 is 0 Å². The van der Waals surface area contributed by atoms with E-state index in [9.17, 15) is 13.6 Å². The lowest BCUT2D eigenvalue weighted by Crippen LogP contribution is -2.25. The molecule has 0 atom stereocenters. The topological polar surface area (TPSA) is 26.9 Å². The van der Waals surface area contributed by atoms with E-state index < -0.39 is 12.2 Å². The van der Waals surface area contributed by atoms with E-state index in [2.05, 4.69) is 0 Å². The van der Waals surface area contributed by atoms with Gasteiger partial charge in [-0.15, -0.1) is 0 Å². The normalized spacial score (nSPS) is 11.5. The standard InChI is InChI=1S/C7H10F2N2O/c1-5(2)10-3-4-11(6(8)9)7(10)12/h3-6H,1-2H3. The van der Waals surface area contributed by atoms with Gasteiger partial charge in [0.25, 0.3) is 0 Å². The van der Waals surface area contributed by atoms with Gasteiger partial charge in [0.2, 0.25) is 0 Å². The highest BCUT2D eigenvalue weighted by Crippen LogP contribution is 2.07. The molecule has 1 rings (SSSR count). The second-order valence-corrected chi connectivity index (χ2v) is 2.77. The minimum atomic E-state index is -2.75. The first-order valence-electron chi connectivity index (χ1n) is 3.61. The number of hydrogen-bond donors (Lipinski definition) is 0. The highest BCUT2D eigenvalue weighted by atomic mass is 19.3. The van der Waals surface area contributed by atoms with E-state index in [1.165, 1.54) is 10.8 Å². The molecule has 0 aromatic carbocycles. The Morgan fingerprint density at radius 3 is 2.00 bits per heavy atom. The van der Waals surface area contributed by atoms with Crippen molar-refractivity contribution < 1.29 is 8.78 Å². The Hall–Kier alpha value is -1.13. The molecule has 0 unspecified atom stereocenters. The van der Waals surface area contributed by atoms with Crippen LogP contribution < -0.4 is 5.69 Å². The van der Waals surface area contributed by atoms with Crippen molar-refractivity contribution >= 4 is 0 Å². The fourth-order valence-corrected chi connectivity index (χ4v) is 0.946. The second kappa shape index (κ2) is 3.08. The maximum absolute atomic E-state index is 12.1. The Kier molecular flexibility index (Phi) is 2.30. The van der Waals surface area contributed by atoms with Crippen LogP contribution in [-0.2, 0) is 0 Å². The molecule has 0 aliphatic rings. The molecule has 0 bridgehead atoms. The van der Waals surface area contributed by atoms with Crippen molar-refractivity contribution in [3.8, 4) is 0 Å². The zero-order valence-electron chi connectivity index (χ0n) is 6.87. The molecule has 0 saturated heterocycles. The number of nitrogens with zero attached hydrogens (tertiary/aromatic N) is 2. The van der Waals surface area contributed by atoms with Crippen LogP contribution in [0.1, 0.15) is 26.4 Å². The number of hydrogen-bond acceptors (Lipinski definition) is 1. The maximum atomic E-state index is 12.1. The molecule has 0 radical (unpaired) electrons. The van der Waals surface area contributed by atoms with E-state index in [0.29, 0.717) is 4.57 Å². The summed E-state index contributed by atoms with van der Waals surface area (Å²) in [5, 5.41) is 0. The second-order valence-electron chi connectivity index (χ2n) is 2.77. The molecular weight excluding hydrogens is 166 g/mol. The van der Waals surface area contributed by atoms with Crippen LogP contribution in [0.5, 0.6) is 0 Å². The fourth-order valence-electron chi connectivity index (χ4n) is 0.946. The van der Waals surface area contributed by atoms with E-state index in [4.69, 9.17) is 0 Å². The Morgan fingerprint density at radius 2 is 1.75 bits per heavy atom. The Labute approximate surface area is 68.2 Å². The quantitative estimate of drug-likeness (QED) is 0.672. The molecule has 1 aromatic rings. The van der Waals surface area contributed by atoms with E-state index in [1.54, 1.807) is 13.8 Å². The molecule has 12 heavy (non-hydrogen) atoms. The van der Waals surface area contributed by atoms with Crippen LogP contribution in [0.15, 0.2) is 17.2 Å². The van der Waals surface area contributed by atoms with Gasteiger partial charge in [0, 0.05) is 18.4 Å². The molecule has 68 valence electrons. The number of halogens is 2. The summed E-state index contributed by atoms with van der Waals surface area (Å²) in [5.41, 5.74) is -0.667. The highest BCUT2D eigenvalue weighted by molar-refractivity contribution is 4.83. The maximum Gasteiger partial charge on any atom is 0.332 e. The van der Waals surface area contributed by atoms with Gasteiger partial charge in [-0.1, -0.05) is 0 Å². The number of alkyl halides is 2. The van der Waals surface area contributed by atoms with E-state index in [-0.39, 0.29) is 6.04 Å². The zero-order chi connectivity index (χ0) is 9.30. The lowest BCUT2D eigenvalue weighted by Gasteiger charge is -2.03. The lowest BCUT2D eigenvalue weighted by molar-refractivity contribution is 0.0657. The predicted molar refractivity (Wildman–Crippen MR) is 40.3 cm³/mol. The minimum absolute atomic E-state index is 0.0856. The molecule has 5 heteroatoms.